The lowest BCUT2D eigenvalue weighted by molar-refractivity contribution is -0.170. The molecule has 0 aromatic rings. The summed E-state index contributed by atoms with van der Waals surface area (Å²) in [6, 6.07) is 0. The molecule has 0 aliphatic heterocycles. The molecule has 0 rings (SSSR count). The van der Waals surface area contributed by atoms with Gasteiger partial charge in [0.05, 0.1) is 12.8 Å². The van der Waals surface area contributed by atoms with Crippen LogP contribution in [0.15, 0.2) is 0 Å². The molecule has 13 heteroatoms. The van der Waals surface area contributed by atoms with Crippen molar-refractivity contribution in [3.05, 3.63) is 0 Å². The molecule has 0 bridgehead atoms. The fourth-order valence-electron chi connectivity index (χ4n) is 0.714. The van der Waals surface area contributed by atoms with Crippen molar-refractivity contribution in [3.8, 4) is 0 Å². The highest BCUT2D eigenvalue weighted by molar-refractivity contribution is 7.45. The van der Waals surface area contributed by atoms with Crippen LogP contribution in [0.25, 0.3) is 0 Å². The highest BCUT2D eigenvalue weighted by atomic mass is 31.2. The van der Waals surface area contributed by atoms with Crippen molar-refractivity contribution in [1.82, 2.24) is 0 Å². The molecule has 0 heterocycles. The van der Waals surface area contributed by atoms with Crippen LogP contribution >= 0.6 is 7.82 Å². The first-order valence-electron chi connectivity index (χ1n) is 3.95. The van der Waals surface area contributed by atoms with E-state index in [0.717, 1.165) is 0 Å². The quantitative estimate of drug-likeness (QED) is 0.252. The molecule has 0 saturated carbocycles. The molecule has 0 unspecified atom stereocenters. The molecule has 12 nitrogen and oxygen atoms in total. The van der Waals surface area contributed by atoms with Crippen LogP contribution in [-0.2, 0) is 18.9 Å². The zero-order chi connectivity index (χ0) is 15.1. The van der Waals surface area contributed by atoms with Crippen molar-refractivity contribution in [1.29, 1.82) is 0 Å². The van der Waals surface area contributed by atoms with Crippen LogP contribution in [-0.4, -0.2) is 64.1 Å². The maximum absolute atomic E-state index is 10.3. The lowest BCUT2D eigenvalue weighted by Crippen LogP contribution is -2.42. The molecule has 114 valence electrons. The van der Waals surface area contributed by atoms with Gasteiger partial charge >= 0.3 is 25.7 Å². The summed E-state index contributed by atoms with van der Waals surface area (Å²) in [6.07, 6.45) is -2.29. The van der Waals surface area contributed by atoms with Gasteiger partial charge in [0.1, 0.15) is 0 Å². The number of carboxylic acids is 3. The molecule has 9 N–H and O–H groups in total. The number of carboxylic acid groups (broad SMARTS) is 3. The van der Waals surface area contributed by atoms with E-state index < -0.39 is 44.2 Å². The van der Waals surface area contributed by atoms with Crippen molar-refractivity contribution < 1.29 is 59.5 Å². The van der Waals surface area contributed by atoms with Gasteiger partial charge in [0.15, 0.2) is 5.60 Å². The van der Waals surface area contributed by atoms with E-state index in [1.165, 1.54) is 0 Å². The average Bonchev–Trinajstić information content (AvgIpc) is 1.95. The van der Waals surface area contributed by atoms with Gasteiger partial charge in [-0.1, -0.05) is 0 Å². The summed E-state index contributed by atoms with van der Waals surface area (Å²) in [6.45, 7) is 0. The largest absolute Gasteiger partial charge is 0.481 e. The van der Waals surface area contributed by atoms with E-state index in [2.05, 4.69) is 0 Å². The Balaban J connectivity index is -0.000000366. The molecule has 0 fully saturated rings. The van der Waals surface area contributed by atoms with Crippen LogP contribution in [0.1, 0.15) is 12.8 Å². The predicted molar refractivity (Wildman–Crippen MR) is 55.0 cm³/mol. The molecule has 19 heavy (non-hydrogen) atoms. The maximum atomic E-state index is 10.3. The Morgan fingerprint density at radius 3 is 1.21 bits per heavy atom. The van der Waals surface area contributed by atoms with E-state index in [1.807, 2.05) is 0 Å². The third-order valence-electron chi connectivity index (χ3n) is 1.29. The van der Waals surface area contributed by atoms with Crippen LogP contribution in [0, 0.1) is 0 Å². The molecular weight excluding hydrogens is 295 g/mol. The number of aliphatic carboxylic acids is 3. The third-order valence-corrected chi connectivity index (χ3v) is 1.29. The van der Waals surface area contributed by atoms with Crippen LogP contribution in [0.3, 0.4) is 0 Å². The Labute approximate surface area is 105 Å². The summed E-state index contributed by atoms with van der Waals surface area (Å²) in [5, 5.41) is 33.8. The average molecular weight is 308 g/mol. The van der Waals surface area contributed by atoms with E-state index in [4.69, 9.17) is 39.7 Å². The van der Waals surface area contributed by atoms with Gasteiger partial charge in [-0.25, -0.2) is 9.36 Å². The second kappa shape index (κ2) is 8.53. The van der Waals surface area contributed by atoms with E-state index in [0.29, 0.717) is 0 Å². The van der Waals surface area contributed by atoms with Crippen LogP contribution in [0.4, 0.5) is 0 Å². The van der Waals surface area contributed by atoms with Gasteiger partial charge in [-0.15, -0.1) is 0 Å². The van der Waals surface area contributed by atoms with Gasteiger partial charge in [0.25, 0.3) is 0 Å². The first-order chi connectivity index (χ1) is 7.78. The molecule has 0 aromatic heterocycles. The van der Waals surface area contributed by atoms with Gasteiger partial charge in [-0.3, -0.25) is 9.59 Å². The van der Waals surface area contributed by atoms with Crippen LogP contribution in [0.5, 0.6) is 0 Å². The van der Waals surface area contributed by atoms with Crippen molar-refractivity contribution in [2.45, 2.75) is 18.4 Å². The highest BCUT2D eigenvalue weighted by Crippen LogP contribution is 2.25. The SMILES string of the molecule is O.O=C(O)CC(O)(CC(=O)O)C(=O)O.O=P(O)(O)O. The number of hydrogen-bond acceptors (Lipinski definition) is 5. The fourth-order valence-corrected chi connectivity index (χ4v) is 0.714. The minimum Gasteiger partial charge on any atom is -0.481 e. The predicted octanol–water partition coefficient (Wildman–Crippen LogP) is -3.00. The minimum atomic E-state index is -4.64. The lowest BCUT2D eigenvalue weighted by Gasteiger charge is -2.18. The molecule has 0 amide bonds. The number of rotatable bonds is 5. The smallest absolute Gasteiger partial charge is 0.466 e. The van der Waals surface area contributed by atoms with Gasteiger partial charge in [-0.2, -0.15) is 0 Å². The topological polar surface area (TPSA) is 241 Å². The van der Waals surface area contributed by atoms with Gasteiger partial charge < -0.3 is 40.6 Å². The number of phosphoric acid groups is 1. The van der Waals surface area contributed by atoms with Crippen molar-refractivity contribution in [2.24, 2.45) is 0 Å². The molecule has 0 aromatic carbocycles. The van der Waals surface area contributed by atoms with Crippen LogP contribution < -0.4 is 0 Å². The van der Waals surface area contributed by atoms with Crippen molar-refractivity contribution >= 4 is 25.7 Å². The number of hydrogen-bond donors (Lipinski definition) is 7. The van der Waals surface area contributed by atoms with Gasteiger partial charge in [0.2, 0.25) is 0 Å². The summed E-state index contributed by atoms with van der Waals surface area (Å²) in [7, 11) is -4.64. The summed E-state index contributed by atoms with van der Waals surface area (Å²) in [4.78, 5) is 52.0. The molecule has 0 atom stereocenters. The van der Waals surface area contributed by atoms with Gasteiger partial charge in [0, 0.05) is 0 Å². The second-order valence-electron chi connectivity index (χ2n) is 2.99. The Bertz CT molecular complexity index is 344. The normalized spacial score (nSPS) is 10.5. The Hall–Kier alpha value is -1.56. The van der Waals surface area contributed by atoms with E-state index in [9.17, 15) is 14.4 Å². The lowest BCUT2D eigenvalue weighted by atomic mass is 9.96. The highest BCUT2D eigenvalue weighted by Gasteiger charge is 2.40. The van der Waals surface area contributed by atoms with E-state index in [1.54, 1.807) is 0 Å². The summed E-state index contributed by atoms with van der Waals surface area (Å²) >= 11 is 0. The zero-order valence-electron chi connectivity index (χ0n) is 9.12. The molecule has 0 aliphatic carbocycles. The number of carbonyl (C=O) groups is 3. The van der Waals surface area contributed by atoms with Crippen molar-refractivity contribution in [2.75, 3.05) is 0 Å². The zero-order valence-corrected chi connectivity index (χ0v) is 10.0. The molecular formula is C6H13O12P. The monoisotopic (exact) mass is 308 g/mol. The Kier molecular flexibility index (Phi) is 10.1. The summed E-state index contributed by atoms with van der Waals surface area (Å²) in [5.74, 6) is -5.02. The molecule has 0 spiro atoms. The first kappa shape index (κ1) is 22.6. The van der Waals surface area contributed by atoms with Crippen LogP contribution in [0.2, 0.25) is 0 Å². The van der Waals surface area contributed by atoms with E-state index in [-0.39, 0.29) is 5.48 Å². The molecule has 0 radical (unpaired) electrons. The van der Waals surface area contributed by atoms with Gasteiger partial charge in [-0.05, 0) is 0 Å². The summed E-state index contributed by atoms with van der Waals surface area (Å²) in [5.41, 5.74) is -2.74. The minimum absolute atomic E-state index is 0. The molecule has 0 aliphatic rings. The Morgan fingerprint density at radius 2 is 1.11 bits per heavy atom. The van der Waals surface area contributed by atoms with E-state index >= 15 is 0 Å². The third kappa shape index (κ3) is 16.4. The fraction of sp³-hybridized carbons (Fsp3) is 0.500. The van der Waals surface area contributed by atoms with Crippen molar-refractivity contribution in [3.63, 3.8) is 0 Å². The number of aliphatic hydroxyl groups is 1. The Morgan fingerprint density at radius 1 is 0.895 bits per heavy atom. The summed E-state index contributed by atoms with van der Waals surface area (Å²) < 4.78 is 8.88. The standard InChI is InChI=1S/C6H8O7.H3O4P.H2O/c7-3(8)1-6(13,5(11)12)2-4(9)10;1-5(2,3)4;/h13H,1-2H2,(H,7,8)(H,9,10)(H,11,12);(H3,1,2,3,4);1H2. The second-order valence-corrected chi connectivity index (χ2v) is 4.02. The first-order valence-corrected chi connectivity index (χ1v) is 5.52. The maximum Gasteiger partial charge on any atom is 0.466 e. The molecule has 0 saturated heterocycles.